The Labute approximate surface area is 103 Å². The number of hydrogen-bond donors (Lipinski definition) is 1. The van der Waals surface area contributed by atoms with Gasteiger partial charge in [0.05, 0.1) is 32.2 Å². The maximum atomic E-state index is 9.12. The molecular weight excluding hydrogens is 218 g/mol. The van der Waals surface area contributed by atoms with Crippen LogP contribution in [0.3, 0.4) is 0 Å². The summed E-state index contributed by atoms with van der Waals surface area (Å²) in [5.74, 6) is 1.38. The van der Waals surface area contributed by atoms with Crippen molar-refractivity contribution < 1.29 is 14.6 Å². The lowest BCUT2D eigenvalue weighted by molar-refractivity contribution is 0.0972. The number of hydrogen-bond acceptors (Lipinski definition) is 4. The van der Waals surface area contributed by atoms with E-state index in [1.54, 1.807) is 12.4 Å². The summed E-state index contributed by atoms with van der Waals surface area (Å²) < 4.78 is 11.0. The second-order valence-electron chi connectivity index (χ2n) is 4.82. The molecule has 1 heterocycles. The van der Waals surface area contributed by atoms with E-state index in [2.05, 4.69) is 11.9 Å². The van der Waals surface area contributed by atoms with Crippen LogP contribution in [0.5, 0.6) is 11.5 Å². The summed E-state index contributed by atoms with van der Waals surface area (Å²) >= 11 is 0. The van der Waals surface area contributed by atoms with E-state index >= 15 is 0 Å². The summed E-state index contributed by atoms with van der Waals surface area (Å²) in [5.41, 5.74) is -0.250. The minimum Gasteiger partial charge on any atom is -0.492 e. The largest absolute Gasteiger partial charge is 0.492 e. The SMILES string of the molecule is CCCOc1cncc(OCC(C)(C)CO)c1. The Bertz CT molecular complexity index is 339. The van der Waals surface area contributed by atoms with Gasteiger partial charge in [0, 0.05) is 11.5 Å². The average molecular weight is 239 g/mol. The van der Waals surface area contributed by atoms with Crippen molar-refractivity contribution in [3.63, 3.8) is 0 Å². The topological polar surface area (TPSA) is 51.6 Å². The van der Waals surface area contributed by atoms with Crippen molar-refractivity contribution in [2.45, 2.75) is 27.2 Å². The lowest BCUT2D eigenvalue weighted by atomic mass is 9.97. The highest BCUT2D eigenvalue weighted by Gasteiger charge is 2.17. The molecule has 0 amide bonds. The predicted molar refractivity (Wildman–Crippen MR) is 66.4 cm³/mol. The molecule has 0 unspecified atom stereocenters. The standard InChI is InChI=1S/C13H21NO3/c1-4-5-16-11-6-12(8-14-7-11)17-10-13(2,3)9-15/h6-8,15H,4-5,9-10H2,1-3H3. The molecule has 1 aromatic rings. The van der Waals surface area contributed by atoms with Crippen molar-refractivity contribution in [1.29, 1.82) is 0 Å². The van der Waals surface area contributed by atoms with Crippen LogP contribution in [0.25, 0.3) is 0 Å². The van der Waals surface area contributed by atoms with Crippen molar-refractivity contribution in [1.82, 2.24) is 4.98 Å². The third-order valence-electron chi connectivity index (χ3n) is 2.22. The molecule has 4 nitrogen and oxygen atoms in total. The highest BCUT2D eigenvalue weighted by molar-refractivity contribution is 5.28. The maximum Gasteiger partial charge on any atom is 0.141 e. The summed E-state index contributed by atoms with van der Waals surface area (Å²) in [6.45, 7) is 7.15. The number of aliphatic hydroxyl groups excluding tert-OH is 1. The van der Waals surface area contributed by atoms with Gasteiger partial charge in [0.2, 0.25) is 0 Å². The minimum atomic E-state index is -0.250. The van der Waals surface area contributed by atoms with E-state index in [0.717, 1.165) is 6.42 Å². The van der Waals surface area contributed by atoms with Gasteiger partial charge in [-0.05, 0) is 6.42 Å². The van der Waals surface area contributed by atoms with Crippen LogP contribution in [0, 0.1) is 5.41 Å². The molecule has 0 aromatic carbocycles. The second-order valence-corrected chi connectivity index (χ2v) is 4.82. The van der Waals surface area contributed by atoms with Crippen molar-refractivity contribution in [3.05, 3.63) is 18.5 Å². The van der Waals surface area contributed by atoms with Gasteiger partial charge < -0.3 is 14.6 Å². The molecule has 1 aromatic heterocycles. The molecule has 96 valence electrons. The molecule has 0 saturated heterocycles. The van der Waals surface area contributed by atoms with Gasteiger partial charge >= 0.3 is 0 Å². The Balaban J connectivity index is 2.53. The van der Waals surface area contributed by atoms with Gasteiger partial charge in [-0.15, -0.1) is 0 Å². The monoisotopic (exact) mass is 239 g/mol. The zero-order chi connectivity index (χ0) is 12.7. The summed E-state index contributed by atoms with van der Waals surface area (Å²) in [4.78, 5) is 4.05. The quantitative estimate of drug-likeness (QED) is 0.793. The van der Waals surface area contributed by atoms with Gasteiger partial charge in [0.1, 0.15) is 11.5 Å². The molecular formula is C13H21NO3. The molecule has 0 saturated carbocycles. The minimum absolute atomic E-state index is 0.0897. The van der Waals surface area contributed by atoms with Gasteiger partial charge in [-0.3, -0.25) is 4.98 Å². The summed E-state index contributed by atoms with van der Waals surface area (Å²) in [6, 6.07) is 1.82. The molecule has 0 bridgehead atoms. The first-order valence-corrected chi connectivity index (χ1v) is 5.89. The smallest absolute Gasteiger partial charge is 0.141 e. The van der Waals surface area contributed by atoms with Crippen LogP contribution in [0.4, 0.5) is 0 Å². The third kappa shape index (κ3) is 5.04. The van der Waals surface area contributed by atoms with E-state index < -0.39 is 0 Å². The Hall–Kier alpha value is -1.29. The molecule has 1 rings (SSSR count). The molecule has 0 aliphatic rings. The van der Waals surface area contributed by atoms with E-state index in [1.807, 2.05) is 19.9 Å². The molecule has 0 fully saturated rings. The van der Waals surface area contributed by atoms with Crippen molar-refractivity contribution >= 4 is 0 Å². The zero-order valence-electron chi connectivity index (χ0n) is 10.8. The van der Waals surface area contributed by atoms with Gasteiger partial charge in [-0.25, -0.2) is 0 Å². The number of rotatable bonds is 7. The van der Waals surface area contributed by atoms with Crippen LogP contribution >= 0.6 is 0 Å². The Kier molecular flexibility index (Phi) is 5.22. The van der Waals surface area contributed by atoms with Crippen LogP contribution in [0.15, 0.2) is 18.5 Å². The molecule has 0 spiro atoms. The lowest BCUT2D eigenvalue weighted by Crippen LogP contribution is -2.25. The summed E-state index contributed by atoms with van der Waals surface area (Å²) in [5, 5.41) is 9.12. The normalized spacial score (nSPS) is 11.3. The fourth-order valence-corrected chi connectivity index (χ4v) is 1.10. The van der Waals surface area contributed by atoms with Crippen molar-refractivity contribution in [2.24, 2.45) is 5.41 Å². The fourth-order valence-electron chi connectivity index (χ4n) is 1.10. The van der Waals surface area contributed by atoms with E-state index in [0.29, 0.717) is 24.7 Å². The highest BCUT2D eigenvalue weighted by atomic mass is 16.5. The Morgan fingerprint density at radius 2 is 1.88 bits per heavy atom. The van der Waals surface area contributed by atoms with Gasteiger partial charge in [-0.2, -0.15) is 0 Å². The molecule has 0 radical (unpaired) electrons. The van der Waals surface area contributed by atoms with Gasteiger partial charge in [0.15, 0.2) is 0 Å². The van der Waals surface area contributed by atoms with Gasteiger partial charge in [0.25, 0.3) is 0 Å². The molecule has 0 aliphatic heterocycles. The van der Waals surface area contributed by atoms with Crippen molar-refractivity contribution in [2.75, 3.05) is 19.8 Å². The number of pyridine rings is 1. The van der Waals surface area contributed by atoms with E-state index in [4.69, 9.17) is 14.6 Å². The Morgan fingerprint density at radius 1 is 1.24 bits per heavy atom. The summed E-state index contributed by atoms with van der Waals surface area (Å²) in [7, 11) is 0. The number of ether oxygens (including phenoxy) is 2. The molecule has 17 heavy (non-hydrogen) atoms. The first kappa shape index (κ1) is 13.8. The van der Waals surface area contributed by atoms with Crippen LogP contribution < -0.4 is 9.47 Å². The second kappa shape index (κ2) is 6.45. The van der Waals surface area contributed by atoms with Crippen LogP contribution in [-0.4, -0.2) is 29.9 Å². The van der Waals surface area contributed by atoms with Crippen LogP contribution in [0.2, 0.25) is 0 Å². The fraction of sp³-hybridized carbons (Fsp3) is 0.615. The van der Waals surface area contributed by atoms with E-state index in [1.165, 1.54) is 0 Å². The number of aliphatic hydroxyl groups is 1. The van der Waals surface area contributed by atoms with Gasteiger partial charge in [-0.1, -0.05) is 20.8 Å². The average Bonchev–Trinajstić information content (AvgIpc) is 2.35. The number of aromatic nitrogens is 1. The number of nitrogens with zero attached hydrogens (tertiary/aromatic N) is 1. The Morgan fingerprint density at radius 3 is 2.47 bits per heavy atom. The lowest BCUT2D eigenvalue weighted by Gasteiger charge is -2.21. The van der Waals surface area contributed by atoms with E-state index in [-0.39, 0.29) is 12.0 Å². The molecule has 0 atom stereocenters. The first-order valence-electron chi connectivity index (χ1n) is 5.89. The molecule has 1 N–H and O–H groups in total. The predicted octanol–water partition coefficient (Wildman–Crippen LogP) is 2.27. The summed E-state index contributed by atoms with van der Waals surface area (Å²) in [6.07, 6.45) is 4.27. The van der Waals surface area contributed by atoms with Crippen LogP contribution in [0.1, 0.15) is 27.2 Å². The van der Waals surface area contributed by atoms with Crippen LogP contribution in [-0.2, 0) is 0 Å². The van der Waals surface area contributed by atoms with E-state index in [9.17, 15) is 0 Å². The highest BCUT2D eigenvalue weighted by Crippen LogP contribution is 2.21. The zero-order valence-corrected chi connectivity index (χ0v) is 10.8. The first-order chi connectivity index (χ1) is 8.07. The maximum absolute atomic E-state index is 9.12. The third-order valence-corrected chi connectivity index (χ3v) is 2.22. The molecule has 4 heteroatoms. The van der Waals surface area contributed by atoms with Crippen molar-refractivity contribution in [3.8, 4) is 11.5 Å². The molecule has 0 aliphatic carbocycles.